The molecule has 0 aliphatic rings. The van der Waals surface area contributed by atoms with Crippen LogP contribution in [-0.4, -0.2) is 17.7 Å². The highest BCUT2D eigenvalue weighted by Gasteiger charge is 2.12. The van der Waals surface area contributed by atoms with Crippen molar-refractivity contribution in [1.82, 2.24) is 0 Å². The topological polar surface area (TPSA) is 46.5 Å². The van der Waals surface area contributed by atoms with Crippen LogP contribution in [0.25, 0.3) is 0 Å². The Balaban J connectivity index is 3.06. The number of aromatic carboxylic acids is 1. The lowest BCUT2D eigenvalue weighted by atomic mass is 10.1. The molecule has 0 saturated carbocycles. The minimum atomic E-state index is -0.913. The first-order valence-electron chi connectivity index (χ1n) is 4.72. The third kappa shape index (κ3) is 3.09. The lowest BCUT2D eigenvalue weighted by molar-refractivity contribution is 0.0695. The van der Waals surface area contributed by atoms with E-state index in [1.54, 1.807) is 6.07 Å². The van der Waals surface area contributed by atoms with Gasteiger partial charge in [-0.05, 0) is 53.6 Å². The number of halogens is 1. The molecule has 1 N–H and O–H groups in total. The fourth-order valence-corrected chi connectivity index (χ4v) is 1.74. The third-order valence-electron chi connectivity index (χ3n) is 1.93. The van der Waals surface area contributed by atoms with Crippen LogP contribution in [0.15, 0.2) is 12.1 Å². The van der Waals surface area contributed by atoms with Crippen LogP contribution in [0, 0.1) is 10.5 Å². The first-order valence-corrected chi connectivity index (χ1v) is 5.80. The summed E-state index contributed by atoms with van der Waals surface area (Å²) >= 11 is 2.04. The molecule has 0 fully saturated rings. The molecule has 0 spiro atoms. The zero-order valence-electron chi connectivity index (χ0n) is 8.71. The smallest absolute Gasteiger partial charge is 0.336 e. The number of carboxylic acid groups (broad SMARTS) is 1. The highest BCUT2D eigenvalue weighted by molar-refractivity contribution is 14.1. The van der Waals surface area contributed by atoms with E-state index < -0.39 is 5.97 Å². The van der Waals surface area contributed by atoms with E-state index >= 15 is 0 Å². The fraction of sp³-hybridized carbons (Fsp3) is 0.364. The molecular formula is C11H13IO3. The number of carbonyl (C=O) groups is 1. The molecule has 0 heterocycles. The van der Waals surface area contributed by atoms with Crippen molar-refractivity contribution in [2.75, 3.05) is 6.61 Å². The van der Waals surface area contributed by atoms with Crippen molar-refractivity contribution in [1.29, 1.82) is 0 Å². The largest absolute Gasteiger partial charge is 0.494 e. The van der Waals surface area contributed by atoms with Gasteiger partial charge in [0, 0.05) is 3.57 Å². The number of hydrogen-bond acceptors (Lipinski definition) is 2. The van der Waals surface area contributed by atoms with Crippen LogP contribution < -0.4 is 4.74 Å². The van der Waals surface area contributed by atoms with Gasteiger partial charge in [-0.1, -0.05) is 6.92 Å². The van der Waals surface area contributed by atoms with Crippen LogP contribution in [0.5, 0.6) is 5.75 Å². The summed E-state index contributed by atoms with van der Waals surface area (Å²) in [7, 11) is 0. The van der Waals surface area contributed by atoms with Gasteiger partial charge < -0.3 is 9.84 Å². The second-order valence-corrected chi connectivity index (χ2v) is 4.33. The van der Waals surface area contributed by atoms with Crippen LogP contribution in [0.1, 0.15) is 29.3 Å². The molecule has 0 aliphatic heterocycles. The molecule has 3 nitrogen and oxygen atoms in total. The van der Waals surface area contributed by atoms with Gasteiger partial charge >= 0.3 is 5.97 Å². The highest BCUT2D eigenvalue weighted by atomic mass is 127. The average Bonchev–Trinajstić information content (AvgIpc) is 2.19. The number of rotatable bonds is 4. The summed E-state index contributed by atoms with van der Waals surface area (Å²) < 4.78 is 6.18. The fourth-order valence-electron chi connectivity index (χ4n) is 1.20. The molecule has 0 aromatic heterocycles. The van der Waals surface area contributed by atoms with E-state index in [1.165, 1.54) is 0 Å². The van der Waals surface area contributed by atoms with Crippen LogP contribution >= 0.6 is 22.6 Å². The standard InChI is InChI=1S/C11H13IO3/c1-3-4-15-8-5-7(2)10(12)9(6-8)11(13)14/h5-6H,3-4H2,1-2H3,(H,13,14). The molecular weight excluding hydrogens is 307 g/mol. The molecule has 82 valence electrons. The molecule has 0 bridgehead atoms. The lowest BCUT2D eigenvalue weighted by Crippen LogP contribution is -2.04. The van der Waals surface area contributed by atoms with Crippen LogP contribution in [0.3, 0.4) is 0 Å². The maximum absolute atomic E-state index is 10.9. The predicted octanol–water partition coefficient (Wildman–Crippen LogP) is 3.09. The summed E-state index contributed by atoms with van der Waals surface area (Å²) in [5, 5.41) is 8.98. The van der Waals surface area contributed by atoms with Gasteiger partial charge in [0.25, 0.3) is 0 Å². The molecule has 1 aromatic rings. The molecule has 0 atom stereocenters. The summed E-state index contributed by atoms with van der Waals surface area (Å²) in [6.07, 6.45) is 0.910. The van der Waals surface area contributed by atoms with Crippen molar-refractivity contribution in [3.05, 3.63) is 26.8 Å². The maximum Gasteiger partial charge on any atom is 0.336 e. The van der Waals surface area contributed by atoms with E-state index in [9.17, 15) is 4.79 Å². The molecule has 0 aliphatic carbocycles. The van der Waals surface area contributed by atoms with E-state index in [0.29, 0.717) is 17.9 Å². The molecule has 15 heavy (non-hydrogen) atoms. The minimum Gasteiger partial charge on any atom is -0.494 e. The molecule has 0 unspecified atom stereocenters. The molecule has 0 saturated heterocycles. The molecule has 0 radical (unpaired) electrons. The van der Waals surface area contributed by atoms with Gasteiger partial charge in [0.05, 0.1) is 12.2 Å². The Morgan fingerprint density at radius 1 is 1.53 bits per heavy atom. The van der Waals surface area contributed by atoms with Gasteiger partial charge in [0.2, 0.25) is 0 Å². The van der Waals surface area contributed by atoms with Gasteiger partial charge in [-0.25, -0.2) is 4.79 Å². The summed E-state index contributed by atoms with van der Waals surface area (Å²) in [6.45, 7) is 4.50. The van der Waals surface area contributed by atoms with Gasteiger partial charge in [-0.2, -0.15) is 0 Å². The summed E-state index contributed by atoms with van der Waals surface area (Å²) in [5.41, 5.74) is 1.24. The van der Waals surface area contributed by atoms with Gasteiger partial charge in [-0.3, -0.25) is 0 Å². The summed E-state index contributed by atoms with van der Waals surface area (Å²) in [4.78, 5) is 10.9. The number of benzene rings is 1. The van der Waals surface area contributed by atoms with Gasteiger partial charge in [-0.15, -0.1) is 0 Å². The van der Waals surface area contributed by atoms with Crippen LogP contribution in [0.4, 0.5) is 0 Å². The zero-order valence-corrected chi connectivity index (χ0v) is 10.9. The SMILES string of the molecule is CCCOc1cc(C)c(I)c(C(=O)O)c1. The van der Waals surface area contributed by atoms with Crippen LogP contribution in [0.2, 0.25) is 0 Å². The first kappa shape index (κ1) is 12.3. The van der Waals surface area contributed by atoms with Crippen molar-refractivity contribution < 1.29 is 14.6 Å². The maximum atomic E-state index is 10.9. The van der Waals surface area contributed by atoms with Gasteiger partial charge in [0.1, 0.15) is 5.75 Å². The quantitative estimate of drug-likeness (QED) is 0.867. The Kier molecular flexibility index (Phi) is 4.38. The minimum absolute atomic E-state index is 0.307. The van der Waals surface area contributed by atoms with Crippen molar-refractivity contribution in [3.8, 4) is 5.75 Å². The van der Waals surface area contributed by atoms with E-state index in [-0.39, 0.29) is 0 Å². The van der Waals surface area contributed by atoms with Crippen molar-refractivity contribution >= 4 is 28.6 Å². The third-order valence-corrected chi connectivity index (χ3v) is 3.36. The summed E-state index contributed by atoms with van der Waals surface area (Å²) in [6, 6.07) is 3.44. The van der Waals surface area contributed by atoms with Crippen molar-refractivity contribution in [2.45, 2.75) is 20.3 Å². The number of hydrogen-bond donors (Lipinski definition) is 1. The van der Waals surface area contributed by atoms with E-state index in [4.69, 9.17) is 9.84 Å². The monoisotopic (exact) mass is 320 g/mol. The van der Waals surface area contributed by atoms with Crippen molar-refractivity contribution in [3.63, 3.8) is 0 Å². The van der Waals surface area contributed by atoms with E-state index in [1.807, 2.05) is 42.5 Å². The van der Waals surface area contributed by atoms with Gasteiger partial charge in [0.15, 0.2) is 0 Å². The predicted molar refractivity (Wildman–Crippen MR) is 66.6 cm³/mol. The molecule has 1 rings (SSSR count). The Morgan fingerprint density at radius 3 is 2.73 bits per heavy atom. The number of carboxylic acids is 1. The lowest BCUT2D eigenvalue weighted by Gasteiger charge is -2.09. The second kappa shape index (κ2) is 5.34. The Labute approximate surface area is 103 Å². The van der Waals surface area contributed by atoms with E-state index in [0.717, 1.165) is 15.6 Å². The summed E-state index contributed by atoms with van der Waals surface area (Å²) in [5.74, 6) is -0.281. The Bertz CT molecular complexity index is 374. The molecule has 0 amide bonds. The zero-order chi connectivity index (χ0) is 11.4. The first-order chi connectivity index (χ1) is 7.06. The highest BCUT2D eigenvalue weighted by Crippen LogP contribution is 2.24. The van der Waals surface area contributed by atoms with Crippen molar-refractivity contribution in [2.24, 2.45) is 0 Å². The average molecular weight is 320 g/mol. The molecule has 4 heteroatoms. The number of ether oxygens (including phenoxy) is 1. The Morgan fingerprint density at radius 2 is 2.20 bits per heavy atom. The normalized spacial score (nSPS) is 10.1. The number of aryl methyl sites for hydroxylation is 1. The van der Waals surface area contributed by atoms with E-state index in [2.05, 4.69) is 0 Å². The van der Waals surface area contributed by atoms with Crippen LogP contribution in [-0.2, 0) is 0 Å². The Hall–Kier alpha value is -0.780. The molecule has 1 aromatic carbocycles. The second-order valence-electron chi connectivity index (χ2n) is 3.26.